The third kappa shape index (κ3) is 1.80. The highest BCUT2D eigenvalue weighted by atomic mass is 35.5. The lowest BCUT2D eigenvalue weighted by molar-refractivity contribution is 0.638. The van der Waals surface area contributed by atoms with Gasteiger partial charge in [-0.15, -0.1) is 0 Å². The van der Waals surface area contributed by atoms with Gasteiger partial charge in [0, 0.05) is 19.4 Å². The Morgan fingerprint density at radius 2 is 2.17 bits per heavy atom. The molecule has 0 fully saturated rings. The first kappa shape index (κ1) is 11.0. The van der Waals surface area contributed by atoms with Crippen molar-refractivity contribution >= 4 is 17.2 Å². The molecule has 0 atom stereocenters. The summed E-state index contributed by atoms with van der Waals surface area (Å²) in [7, 11) is 1.66. The van der Waals surface area contributed by atoms with Gasteiger partial charge < -0.3 is 4.40 Å². The van der Waals surface area contributed by atoms with Crippen LogP contribution in [-0.2, 0) is 13.6 Å². The number of imidazole rings is 1. The van der Waals surface area contributed by atoms with Gasteiger partial charge in [-0.25, -0.2) is 14.5 Å². The zero-order valence-electron chi connectivity index (χ0n) is 9.62. The zero-order valence-corrected chi connectivity index (χ0v) is 10.4. The van der Waals surface area contributed by atoms with Crippen LogP contribution < -0.4 is 5.69 Å². The van der Waals surface area contributed by atoms with E-state index in [2.05, 4.69) is 10.1 Å². The van der Waals surface area contributed by atoms with Crippen LogP contribution in [0.15, 0.2) is 35.6 Å². The molecule has 3 aromatic heterocycles. The normalized spacial score (nSPS) is 11.2. The molecule has 92 valence electrons. The fourth-order valence-electron chi connectivity index (χ4n) is 1.78. The van der Waals surface area contributed by atoms with E-state index in [1.54, 1.807) is 19.3 Å². The van der Waals surface area contributed by atoms with Crippen LogP contribution in [0.3, 0.4) is 0 Å². The zero-order chi connectivity index (χ0) is 12.7. The molecule has 6 nitrogen and oxygen atoms in total. The smallest absolute Gasteiger partial charge is 0.305 e. The van der Waals surface area contributed by atoms with Crippen LogP contribution in [0.1, 0.15) is 5.69 Å². The number of halogens is 1. The van der Waals surface area contributed by atoms with E-state index in [4.69, 9.17) is 11.6 Å². The summed E-state index contributed by atoms with van der Waals surface area (Å²) >= 11 is 5.90. The van der Waals surface area contributed by atoms with Crippen molar-refractivity contribution in [3.8, 4) is 0 Å². The molecule has 0 aliphatic carbocycles. The molecule has 0 radical (unpaired) electrons. The third-order valence-electron chi connectivity index (χ3n) is 2.66. The predicted molar refractivity (Wildman–Crippen MR) is 66.8 cm³/mol. The standard InChI is InChI=1S/C11H10ClN5O/c1-15-7-13-17(11(15)18)6-9-5-16-4-8(12)2-3-10(16)14-9/h2-5,7H,6H2,1H3. The molecular formula is C11H10ClN5O. The lowest BCUT2D eigenvalue weighted by Gasteiger charge is -1.93. The Morgan fingerprint density at radius 3 is 2.89 bits per heavy atom. The molecule has 0 N–H and O–H groups in total. The lowest BCUT2D eigenvalue weighted by Crippen LogP contribution is -2.23. The summed E-state index contributed by atoms with van der Waals surface area (Å²) < 4.78 is 4.61. The van der Waals surface area contributed by atoms with Crippen LogP contribution in [0.2, 0.25) is 5.02 Å². The minimum atomic E-state index is -0.162. The molecular weight excluding hydrogens is 254 g/mol. The Labute approximate surface area is 107 Å². The number of hydrogen-bond donors (Lipinski definition) is 0. The highest BCUT2D eigenvalue weighted by Crippen LogP contribution is 2.11. The van der Waals surface area contributed by atoms with Crippen LogP contribution in [0.5, 0.6) is 0 Å². The fraction of sp³-hybridized carbons (Fsp3) is 0.182. The van der Waals surface area contributed by atoms with Gasteiger partial charge in [0.25, 0.3) is 0 Å². The quantitative estimate of drug-likeness (QED) is 0.691. The largest absolute Gasteiger partial charge is 0.345 e. The highest BCUT2D eigenvalue weighted by Gasteiger charge is 2.06. The van der Waals surface area contributed by atoms with Gasteiger partial charge in [0.2, 0.25) is 0 Å². The Balaban J connectivity index is 2.00. The number of aromatic nitrogens is 5. The summed E-state index contributed by atoms with van der Waals surface area (Å²) in [5.41, 5.74) is 1.39. The van der Waals surface area contributed by atoms with Crippen molar-refractivity contribution in [2.75, 3.05) is 0 Å². The second kappa shape index (κ2) is 3.99. The van der Waals surface area contributed by atoms with E-state index < -0.39 is 0 Å². The van der Waals surface area contributed by atoms with Crippen LogP contribution >= 0.6 is 11.6 Å². The first-order chi connectivity index (χ1) is 8.63. The van der Waals surface area contributed by atoms with E-state index in [0.717, 1.165) is 11.3 Å². The second-order valence-electron chi connectivity index (χ2n) is 4.03. The number of nitrogens with zero attached hydrogens (tertiary/aromatic N) is 5. The van der Waals surface area contributed by atoms with Gasteiger partial charge in [0.15, 0.2) is 0 Å². The van der Waals surface area contributed by atoms with Crippen LogP contribution in [0.25, 0.3) is 5.65 Å². The number of pyridine rings is 1. The Bertz CT molecular complexity index is 769. The lowest BCUT2D eigenvalue weighted by atomic mass is 10.5. The van der Waals surface area contributed by atoms with Crippen LogP contribution in [-0.4, -0.2) is 23.7 Å². The molecule has 3 rings (SSSR count). The maximum Gasteiger partial charge on any atom is 0.345 e. The molecule has 0 aliphatic heterocycles. The van der Waals surface area contributed by atoms with E-state index in [1.165, 1.54) is 15.6 Å². The molecule has 0 spiro atoms. The Kier molecular flexibility index (Phi) is 2.45. The average Bonchev–Trinajstić information content (AvgIpc) is 2.86. The van der Waals surface area contributed by atoms with Crippen molar-refractivity contribution < 1.29 is 0 Å². The fourth-order valence-corrected chi connectivity index (χ4v) is 1.94. The van der Waals surface area contributed by atoms with Crippen molar-refractivity contribution in [3.63, 3.8) is 0 Å². The average molecular weight is 264 g/mol. The molecule has 0 aliphatic rings. The molecule has 0 amide bonds. The Hall–Kier alpha value is -2.08. The third-order valence-corrected chi connectivity index (χ3v) is 2.89. The molecule has 0 bridgehead atoms. The number of fused-ring (bicyclic) bond motifs is 1. The maximum atomic E-state index is 11.7. The summed E-state index contributed by atoms with van der Waals surface area (Å²) in [6.07, 6.45) is 5.09. The predicted octanol–water partition coefficient (Wildman–Crippen LogP) is 0.931. The van der Waals surface area contributed by atoms with Gasteiger partial charge in [0.1, 0.15) is 12.0 Å². The second-order valence-corrected chi connectivity index (χ2v) is 4.46. The molecule has 18 heavy (non-hydrogen) atoms. The highest BCUT2D eigenvalue weighted by molar-refractivity contribution is 6.30. The number of rotatable bonds is 2. The van der Waals surface area contributed by atoms with E-state index in [0.29, 0.717) is 11.6 Å². The van der Waals surface area contributed by atoms with E-state index >= 15 is 0 Å². The van der Waals surface area contributed by atoms with E-state index in [9.17, 15) is 4.79 Å². The molecule has 3 aromatic rings. The first-order valence-electron chi connectivity index (χ1n) is 5.35. The van der Waals surface area contributed by atoms with Gasteiger partial charge in [-0.3, -0.25) is 4.57 Å². The van der Waals surface area contributed by atoms with Gasteiger partial charge in [-0.1, -0.05) is 11.6 Å². The summed E-state index contributed by atoms with van der Waals surface area (Å²) in [4.78, 5) is 16.0. The molecule has 0 saturated carbocycles. The van der Waals surface area contributed by atoms with Crippen LogP contribution in [0.4, 0.5) is 0 Å². The summed E-state index contributed by atoms with van der Waals surface area (Å²) in [6, 6.07) is 3.60. The summed E-state index contributed by atoms with van der Waals surface area (Å²) in [6.45, 7) is 0.346. The molecule has 0 aromatic carbocycles. The number of aryl methyl sites for hydroxylation is 1. The summed E-state index contributed by atoms with van der Waals surface area (Å²) in [5.74, 6) is 0. The van der Waals surface area contributed by atoms with Crippen molar-refractivity contribution in [2.45, 2.75) is 6.54 Å². The maximum absolute atomic E-state index is 11.7. The van der Waals surface area contributed by atoms with Crippen molar-refractivity contribution in [3.05, 3.63) is 52.1 Å². The van der Waals surface area contributed by atoms with Crippen molar-refractivity contribution in [1.82, 2.24) is 23.7 Å². The van der Waals surface area contributed by atoms with Gasteiger partial charge >= 0.3 is 5.69 Å². The SMILES string of the molecule is Cn1cnn(Cc2cn3cc(Cl)ccc3n2)c1=O. The van der Waals surface area contributed by atoms with Gasteiger partial charge in [0.05, 0.1) is 17.3 Å². The van der Waals surface area contributed by atoms with Crippen molar-refractivity contribution in [2.24, 2.45) is 7.05 Å². The van der Waals surface area contributed by atoms with Crippen LogP contribution in [0, 0.1) is 0 Å². The minimum absolute atomic E-state index is 0.162. The molecule has 0 saturated heterocycles. The van der Waals surface area contributed by atoms with E-state index in [-0.39, 0.29) is 5.69 Å². The topological polar surface area (TPSA) is 57.1 Å². The Morgan fingerprint density at radius 1 is 1.33 bits per heavy atom. The van der Waals surface area contributed by atoms with Gasteiger partial charge in [-0.2, -0.15) is 5.10 Å². The number of hydrogen-bond acceptors (Lipinski definition) is 3. The first-order valence-corrected chi connectivity index (χ1v) is 5.73. The molecule has 0 unspecified atom stereocenters. The van der Waals surface area contributed by atoms with E-state index in [1.807, 2.05) is 16.7 Å². The van der Waals surface area contributed by atoms with Crippen molar-refractivity contribution in [1.29, 1.82) is 0 Å². The minimum Gasteiger partial charge on any atom is -0.305 e. The van der Waals surface area contributed by atoms with Gasteiger partial charge in [-0.05, 0) is 12.1 Å². The molecule has 7 heteroatoms. The molecule has 3 heterocycles. The summed E-state index contributed by atoms with van der Waals surface area (Å²) in [5, 5.41) is 4.63. The monoisotopic (exact) mass is 263 g/mol.